The quantitative estimate of drug-likeness (QED) is 0.668. The van der Waals surface area contributed by atoms with Crippen LogP contribution in [-0.4, -0.2) is 4.98 Å². The summed E-state index contributed by atoms with van der Waals surface area (Å²) in [5.41, 5.74) is 6.64. The molecule has 20 heavy (non-hydrogen) atoms. The van der Waals surface area contributed by atoms with Crippen LogP contribution in [-0.2, 0) is 6.18 Å². The normalized spacial score (nSPS) is 13.2. The van der Waals surface area contributed by atoms with Gasteiger partial charge in [-0.3, -0.25) is 0 Å². The Morgan fingerprint density at radius 3 is 2.50 bits per heavy atom. The number of nitrogens with zero attached hydrogens (tertiary/aromatic N) is 1. The lowest BCUT2D eigenvalue weighted by Crippen LogP contribution is -2.05. The van der Waals surface area contributed by atoms with Crippen LogP contribution in [0.5, 0.6) is 0 Å². The molecule has 2 aromatic rings. The molecule has 1 unspecified atom stereocenters. The van der Waals surface area contributed by atoms with Gasteiger partial charge in [-0.2, -0.15) is 13.2 Å². The molecule has 1 heterocycles. The molecule has 0 saturated heterocycles. The van der Waals surface area contributed by atoms with Gasteiger partial charge < -0.3 is 5.73 Å². The predicted octanol–water partition coefficient (Wildman–Crippen LogP) is 4.54. The van der Waals surface area contributed by atoms with Gasteiger partial charge in [-0.25, -0.2) is 4.98 Å². The van der Waals surface area contributed by atoms with Gasteiger partial charge in [0.2, 0.25) is 0 Å². The van der Waals surface area contributed by atoms with Crippen LogP contribution in [0.25, 0.3) is 0 Å². The topological polar surface area (TPSA) is 38.9 Å². The average Bonchev–Trinajstić information content (AvgIpc) is 2.38. The van der Waals surface area contributed by atoms with Gasteiger partial charge in [-0.1, -0.05) is 23.9 Å². The van der Waals surface area contributed by atoms with Crippen molar-refractivity contribution in [1.29, 1.82) is 0 Å². The maximum atomic E-state index is 12.4. The molecule has 0 saturated carbocycles. The van der Waals surface area contributed by atoms with Gasteiger partial charge in [-0.15, -0.1) is 0 Å². The number of thioether (sulfide) groups is 1. The Kier molecular flexibility index (Phi) is 4.23. The van der Waals surface area contributed by atoms with Crippen molar-refractivity contribution in [3.05, 3.63) is 53.7 Å². The first-order chi connectivity index (χ1) is 9.36. The van der Waals surface area contributed by atoms with Crippen molar-refractivity contribution in [3.63, 3.8) is 0 Å². The lowest BCUT2D eigenvalue weighted by atomic mass is 10.1. The van der Waals surface area contributed by atoms with Crippen LogP contribution in [0, 0.1) is 0 Å². The molecule has 6 heteroatoms. The number of pyridine rings is 1. The Balaban J connectivity index is 2.10. The molecular formula is C14H13F3N2S. The van der Waals surface area contributed by atoms with Crippen molar-refractivity contribution in [2.45, 2.75) is 23.4 Å². The zero-order valence-corrected chi connectivity index (χ0v) is 11.5. The number of rotatable bonds is 3. The number of benzene rings is 1. The van der Waals surface area contributed by atoms with Crippen LogP contribution >= 0.6 is 11.8 Å². The number of aromatic nitrogens is 1. The zero-order chi connectivity index (χ0) is 14.8. The molecule has 2 N–H and O–H groups in total. The maximum Gasteiger partial charge on any atom is 0.417 e. The van der Waals surface area contributed by atoms with E-state index >= 15 is 0 Å². The minimum atomic E-state index is -4.35. The van der Waals surface area contributed by atoms with Gasteiger partial charge in [0.1, 0.15) is 0 Å². The minimum absolute atomic E-state index is 0.0581. The van der Waals surface area contributed by atoms with Gasteiger partial charge in [-0.05, 0) is 36.8 Å². The lowest BCUT2D eigenvalue weighted by Gasteiger charge is -2.12. The Morgan fingerprint density at radius 1 is 1.20 bits per heavy atom. The van der Waals surface area contributed by atoms with Gasteiger partial charge in [0.05, 0.1) is 10.6 Å². The summed E-state index contributed by atoms with van der Waals surface area (Å²) >= 11 is 1.39. The predicted molar refractivity (Wildman–Crippen MR) is 74.4 cm³/mol. The number of nitrogens with two attached hydrogens (primary N) is 1. The van der Waals surface area contributed by atoms with Crippen molar-refractivity contribution in [3.8, 4) is 0 Å². The van der Waals surface area contributed by atoms with Crippen LogP contribution in [0.1, 0.15) is 23.3 Å². The van der Waals surface area contributed by atoms with Crippen molar-refractivity contribution in [2.75, 3.05) is 5.73 Å². The molecule has 0 aliphatic heterocycles. The van der Waals surface area contributed by atoms with Crippen LogP contribution in [0.15, 0.2) is 47.6 Å². The molecular weight excluding hydrogens is 285 g/mol. The summed E-state index contributed by atoms with van der Waals surface area (Å²) in [6, 6.07) is 9.84. The number of hydrogen-bond donors (Lipinski definition) is 1. The Labute approximate surface area is 119 Å². The summed E-state index contributed by atoms with van der Waals surface area (Å²) in [5.74, 6) is 0. The molecule has 1 aromatic heterocycles. The third kappa shape index (κ3) is 3.66. The first-order valence-electron chi connectivity index (χ1n) is 5.91. The standard InChI is InChI=1S/C14H13F3N2S/c1-9(10-3-2-4-12(18)7-10)20-13-6-5-11(8-19-13)14(15,16)17/h2-9H,18H2,1H3. The summed E-state index contributed by atoms with van der Waals surface area (Å²) in [7, 11) is 0. The lowest BCUT2D eigenvalue weighted by molar-refractivity contribution is -0.137. The van der Waals surface area contributed by atoms with E-state index < -0.39 is 11.7 Å². The number of halogens is 3. The van der Waals surface area contributed by atoms with E-state index in [9.17, 15) is 13.2 Å². The van der Waals surface area contributed by atoms with Gasteiger partial charge in [0, 0.05) is 17.1 Å². The molecule has 2 rings (SSSR count). The molecule has 106 valence electrons. The smallest absolute Gasteiger partial charge is 0.399 e. The molecule has 0 radical (unpaired) electrons. The largest absolute Gasteiger partial charge is 0.417 e. The minimum Gasteiger partial charge on any atom is -0.399 e. The van der Waals surface area contributed by atoms with E-state index in [-0.39, 0.29) is 5.25 Å². The second kappa shape index (κ2) is 5.75. The number of alkyl halides is 3. The molecule has 0 bridgehead atoms. The second-order valence-electron chi connectivity index (χ2n) is 4.31. The Bertz CT molecular complexity index is 582. The summed E-state index contributed by atoms with van der Waals surface area (Å²) in [5, 5.41) is 0.607. The van der Waals surface area contributed by atoms with E-state index in [2.05, 4.69) is 4.98 Å². The molecule has 1 atom stereocenters. The van der Waals surface area contributed by atoms with E-state index in [1.54, 1.807) is 6.07 Å². The van der Waals surface area contributed by atoms with Gasteiger partial charge >= 0.3 is 6.18 Å². The molecule has 2 nitrogen and oxygen atoms in total. The van der Waals surface area contributed by atoms with Crippen LogP contribution < -0.4 is 5.73 Å². The molecule has 0 fully saturated rings. The fourth-order valence-electron chi connectivity index (χ4n) is 1.68. The average molecular weight is 298 g/mol. The highest BCUT2D eigenvalue weighted by atomic mass is 32.2. The molecule has 0 aliphatic rings. The Hall–Kier alpha value is -1.69. The summed E-state index contributed by atoms with van der Waals surface area (Å²) in [4.78, 5) is 3.84. The van der Waals surface area contributed by atoms with E-state index in [4.69, 9.17) is 5.73 Å². The zero-order valence-electron chi connectivity index (χ0n) is 10.7. The maximum absolute atomic E-state index is 12.4. The van der Waals surface area contributed by atoms with Crippen LogP contribution in [0.2, 0.25) is 0 Å². The fraction of sp³-hybridized carbons (Fsp3) is 0.214. The highest BCUT2D eigenvalue weighted by Crippen LogP contribution is 2.35. The molecule has 0 spiro atoms. The SMILES string of the molecule is CC(Sc1ccc(C(F)(F)F)cn1)c1cccc(N)c1. The van der Waals surface area contributed by atoms with E-state index in [1.165, 1.54) is 17.8 Å². The van der Waals surface area contributed by atoms with Crippen molar-refractivity contribution >= 4 is 17.4 Å². The molecule has 0 amide bonds. The number of nitrogen functional groups attached to an aromatic ring is 1. The summed E-state index contributed by atoms with van der Waals surface area (Å²) in [6.45, 7) is 1.96. The van der Waals surface area contributed by atoms with E-state index in [0.29, 0.717) is 10.7 Å². The highest BCUT2D eigenvalue weighted by Gasteiger charge is 2.30. The van der Waals surface area contributed by atoms with Crippen molar-refractivity contribution < 1.29 is 13.2 Å². The highest BCUT2D eigenvalue weighted by molar-refractivity contribution is 7.99. The summed E-state index contributed by atoms with van der Waals surface area (Å²) < 4.78 is 37.3. The first kappa shape index (κ1) is 14.7. The first-order valence-corrected chi connectivity index (χ1v) is 6.79. The van der Waals surface area contributed by atoms with Crippen molar-refractivity contribution in [1.82, 2.24) is 4.98 Å². The monoisotopic (exact) mass is 298 g/mol. The van der Waals surface area contributed by atoms with E-state index in [0.717, 1.165) is 17.8 Å². The third-order valence-corrected chi connectivity index (χ3v) is 3.85. The van der Waals surface area contributed by atoms with Gasteiger partial charge in [0.25, 0.3) is 0 Å². The fourth-order valence-corrected chi connectivity index (χ4v) is 2.58. The number of anilines is 1. The van der Waals surface area contributed by atoms with Crippen LogP contribution in [0.4, 0.5) is 18.9 Å². The molecule has 0 aliphatic carbocycles. The number of hydrogen-bond acceptors (Lipinski definition) is 3. The van der Waals surface area contributed by atoms with Crippen LogP contribution in [0.3, 0.4) is 0 Å². The third-order valence-electron chi connectivity index (χ3n) is 2.74. The van der Waals surface area contributed by atoms with Crippen molar-refractivity contribution in [2.24, 2.45) is 0 Å². The Morgan fingerprint density at radius 2 is 1.95 bits per heavy atom. The second-order valence-corrected chi connectivity index (χ2v) is 5.67. The van der Waals surface area contributed by atoms with E-state index in [1.807, 2.05) is 25.1 Å². The summed E-state index contributed by atoms with van der Waals surface area (Å²) in [6.07, 6.45) is -3.50. The van der Waals surface area contributed by atoms with Gasteiger partial charge in [0.15, 0.2) is 0 Å². The molecule has 1 aromatic carbocycles.